The molecule has 0 amide bonds. The lowest BCUT2D eigenvalue weighted by atomic mass is 10.0. The van der Waals surface area contributed by atoms with Crippen LogP contribution in [0.4, 0.5) is 0 Å². The second-order valence-electron chi connectivity index (χ2n) is 3.55. The average Bonchev–Trinajstić information content (AvgIpc) is 2.61. The van der Waals surface area contributed by atoms with E-state index in [0.717, 1.165) is 5.56 Å². The molecule has 5 nitrogen and oxygen atoms in total. The second-order valence-corrected chi connectivity index (χ2v) is 5.08. The first-order valence-electron chi connectivity index (χ1n) is 4.70. The number of rotatable bonds is 2. The number of hydrogen-bond acceptors (Lipinski definition) is 4. The molecule has 0 saturated heterocycles. The summed E-state index contributed by atoms with van der Waals surface area (Å²) in [6, 6.07) is 9.13. The van der Waals surface area contributed by atoms with Gasteiger partial charge in [0.05, 0.1) is 5.92 Å². The lowest BCUT2D eigenvalue weighted by Gasteiger charge is -2.10. The van der Waals surface area contributed by atoms with E-state index in [9.17, 15) is 8.42 Å². The molecule has 1 aliphatic rings. The van der Waals surface area contributed by atoms with Crippen molar-refractivity contribution in [2.45, 2.75) is 5.92 Å². The van der Waals surface area contributed by atoms with Crippen molar-refractivity contribution < 1.29 is 13.2 Å². The van der Waals surface area contributed by atoms with Gasteiger partial charge in [-0.3, -0.25) is 0 Å². The Kier molecular flexibility index (Phi) is 2.61. The predicted octanol–water partition coefficient (Wildman–Crippen LogP) is 0.217. The van der Waals surface area contributed by atoms with Gasteiger partial charge >= 0.3 is 0 Å². The van der Waals surface area contributed by atoms with E-state index in [4.69, 9.17) is 15.6 Å². The van der Waals surface area contributed by atoms with Gasteiger partial charge < -0.3 is 10.5 Å². The molecule has 86 valence electrons. The summed E-state index contributed by atoms with van der Waals surface area (Å²) in [4.78, 5) is -0.0290. The van der Waals surface area contributed by atoms with Crippen LogP contribution in [0.15, 0.2) is 41.1 Å². The molecule has 1 atom stereocenters. The van der Waals surface area contributed by atoms with Crippen LogP contribution in [0.1, 0.15) is 11.5 Å². The first-order valence-corrected chi connectivity index (χ1v) is 6.25. The largest absolute Gasteiger partial charge is 0.478 e. The maximum absolute atomic E-state index is 11.4. The molecule has 0 fully saturated rings. The first-order chi connectivity index (χ1) is 7.50. The maximum atomic E-state index is 11.4. The molecule has 1 aromatic rings. The fourth-order valence-corrected chi connectivity index (χ4v) is 2.70. The van der Waals surface area contributed by atoms with Gasteiger partial charge in [0.2, 0.25) is 15.9 Å². The quantitative estimate of drug-likeness (QED) is 0.772. The van der Waals surface area contributed by atoms with Crippen molar-refractivity contribution in [3.8, 4) is 0 Å². The molecule has 1 heterocycles. The Morgan fingerprint density at radius 2 is 1.88 bits per heavy atom. The van der Waals surface area contributed by atoms with Crippen LogP contribution in [-0.2, 0) is 14.8 Å². The van der Waals surface area contributed by atoms with Crippen molar-refractivity contribution in [1.29, 1.82) is 0 Å². The number of nitrogens with two attached hydrogens (primary N) is 2. The summed E-state index contributed by atoms with van der Waals surface area (Å²) >= 11 is 0. The Hall–Kier alpha value is -1.53. The van der Waals surface area contributed by atoms with E-state index in [0.29, 0.717) is 0 Å². The van der Waals surface area contributed by atoms with Gasteiger partial charge in [-0.1, -0.05) is 30.3 Å². The van der Waals surface area contributed by atoms with Crippen molar-refractivity contribution >= 4 is 10.0 Å². The zero-order chi connectivity index (χ0) is 11.8. The SMILES string of the molecule is NC1=C(S(N)(=O)=O)C(c2ccccc2)CO1. The van der Waals surface area contributed by atoms with Crippen LogP contribution in [-0.4, -0.2) is 15.0 Å². The van der Waals surface area contributed by atoms with E-state index >= 15 is 0 Å². The fourth-order valence-electron chi connectivity index (χ4n) is 1.76. The standard InChI is InChI=1S/C10H12N2O3S/c11-10-9(16(12,13)14)8(6-15-10)7-4-2-1-3-5-7/h1-5,8H,6,11H2,(H2,12,13,14). The molecular formula is C10H12N2O3S. The lowest BCUT2D eigenvalue weighted by Crippen LogP contribution is -2.20. The van der Waals surface area contributed by atoms with Crippen molar-refractivity contribution in [2.24, 2.45) is 10.9 Å². The summed E-state index contributed by atoms with van der Waals surface area (Å²) in [6.45, 7) is 0.210. The Bertz CT molecular complexity index is 522. The van der Waals surface area contributed by atoms with Crippen LogP contribution in [0.3, 0.4) is 0 Å². The topological polar surface area (TPSA) is 95.4 Å². The molecule has 16 heavy (non-hydrogen) atoms. The third-order valence-corrected chi connectivity index (χ3v) is 3.57. The smallest absolute Gasteiger partial charge is 0.240 e. The molecular weight excluding hydrogens is 228 g/mol. The van der Waals surface area contributed by atoms with Gasteiger partial charge in [-0.25, -0.2) is 13.6 Å². The predicted molar refractivity (Wildman–Crippen MR) is 59.5 cm³/mol. The minimum Gasteiger partial charge on any atom is -0.478 e. The third kappa shape index (κ3) is 1.89. The van der Waals surface area contributed by atoms with Crippen LogP contribution in [0.25, 0.3) is 0 Å². The van der Waals surface area contributed by atoms with Crippen LogP contribution >= 0.6 is 0 Å². The highest BCUT2D eigenvalue weighted by molar-refractivity contribution is 7.93. The molecule has 4 N–H and O–H groups in total. The fraction of sp³-hybridized carbons (Fsp3) is 0.200. The maximum Gasteiger partial charge on any atom is 0.240 e. The molecule has 1 aromatic carbocycles. The van der Waals surface area contributed by atoms with Crippen molar-refractivity contribution in [2.75, 3.05) is 6.61 Å². The molecule has 0 saturated carbocycles. The van der Waals surface area contributed by atoms with Crippen LogP contribution in [0, 0.1) is 0 Å². The molecule has 0 aromatic heterocycles. The van der Waals surface area contributed by atoms with E-state index in [1.54, 1.807) is 0 Å². The zero-order valence-corrected chi connectivity index (χ0v) is 9.28. The summed E-state index contributed by atoms with van der Waals surface area (Å²) < 4.78 is 27.8. The molecule has 0 aliphatic carbocycles. The second kappa shape index (κ2) is 3.80. The highest BCUT2D eigenvalue weighted by Gasteiger charge is 2.34. The summed E-state index contributed by atoms with van der Waals surface area (Å²) in [5, 5.41) is 5.11. The van der Waals surface area contributed by atoms with Gasteiger partial charge in [-0.15, -0.1) is 0 Å². The lowest BCUT2D eigenvalue weighted by molar-refractivity contribution is 0.232. The molecule has 0 radical (unpaired) electrons. The molecule has 6 heteroatoms. The van der Waals surface area contributed by atoms with Crippen molar-refractivity contribution in [3.05, 3.63) is 46.7 Å². The van der Waals surface area contributed by atoms with Gasteiger partial charge in [0.1, 0.15) is 11.5 Å². The van der Waals surface area contributed by atoms with Gasteiger partial charge in [-0.2, -0.15) is 0 Å². The minimum atomic E-state index is -3.82. The van der Waals surface area contributed by atoms with Gasteiger partial charge in [0, 0.05) is 0 Å². The van der Waals surface area contributed by atoms with Gasteiger partial charge in [-0.05, 0) is 5.56 Å². The Morgan fingerprint density at radius 3 is 2.44 bits per heavy atom. The Morgan fingerprint density at radius 1 is 1.25 bits per heavy atom. The summed E-state index contributed by atoms with van der Waals surface area (Å²) in [7, 11) is -3.82. The number of ether oxygens (including phenoxy) is 1. The molecule has 1 unspecified atom stereocenters. The highest BCUT2D eigenvalue weighted by atomic mass is 32.2. The van der Waals surface area contributed by atoms with Crippen molar-refractivity contribution in [1.82, 2.24) is 0 Å². The summed E-state index contributed by atoms with van der Waals surface area (Å²) in [6.07, 6.45) is 0. The van der Waals surface area contributed by atoms with Gasteiger partial charge in [0.15, 0.2) is 0 Å². The number of benzene rings is 1. The molecule has 0 spiro atoms. The molecule has 1 aliphatic heterocycles. The van der Waals surface area contributed by atoms with E-state index in [1.807, 2.05) is 30.3 Å². The summed E-state index contributed by atoms with van der Waals surface area (Å²) in [5.74, 6) is -0.507. The van der Waals surface area contributed by atoms with E-state index < -0.39 is 15.9 Å². The van der Waals surface area contributed by atoms with E-state index in [-0.39, 0.29) is 17.4 Å². The molecule has 0 bridgehead atoms. The number of hydrogen-bond donors (Lipinski definition) is 2. The van der Waals surface area contributed by atoms with Crippen LogP contribution in [0.2, 0.25) is 0 Å². The third-order valence-electron chi connectivity index (χ3n) is 2.47. The number of sulfonamides is 1. The zero-order valence-electron chi connectivity index (χ0n) is 8.46. The highest BCUT2D eigenvalue weighted by Crippen LogP contribution is 2.34. The number of primary sulfonamides is 1. The van der Waals surface area contributed by atoms with Crippen LogP contribution < -0.4 is 10.9 Å². The Labute approximate surface area is 93.7 Å². The monoisotopic (exact) mass is 240 g/mol. The van der Waals surface area contributed by atoms with Crippen LogP contribution in [0.5, 0.6) is 0 Å². The minimum absolute atomic E-state index is 0.0290. The summed E-state index contributed by atoms with van der Waals surface area (Å²) in [5.41, 5.74) is 6.32. The molecule has 2 rings (SSSR count). The Balaban J connectivity index is 2.47. The first kappa shape index (κ1) is 11.0. The normalized spacial score (nSPS) is 20.9. The average molecular weight is 240 g/mol. The van der Waals surface area contributed by atoms with E-state index in [1.165, 1.54) is 0 Å². The van der Waals surface area contributed by atoms with Crippen molar-refractivity contribution in [3.63, 3.8) is 0 Å². The van der Waals surface area contributed by atoms with Gasteiger partial charge in [0.25, 0.3) is 0 Å². The van der Waals surface area contributed by atoms with E-state index in [2.05, 4.69) is 0 Å².